The van der Waals surface area contributed by atoms with Crippen molar-refractivity contribution in [2.24, 2.45) is 0 Å². The van der Waals surface area contributed by atoms with E-state index in [1.165, 1.54) is 36.5 Å². The van der Waals surface area contributed by atoms with Crippen LogP contribution in [0.4, 0.5) is 0 Å². The molecule has 1 unspecified atom stereocenters. The van der Waals surface area contributed by atoms with Crippen molar-refractivity contribution in [3.63, 3.8) is 0 Å². The zero-order valence-corrected chi connectivity index (χ0v) is 14.1. The summed E-state index contributed by atoms with van der Waals surface area (Å²) in [4.78, 5) is 30.4. The number of carbonyl (C=O) groups excluding carboxylic acids is 2. The Morgan fingerprint density at radius 2 is 1.96 bits per heavy atom. The molecule has 1 atom stereocenters. The van der Waals surface area contributed by atoms with Crippen LogP contribution in [0.5, 0.6) is 5.75 Å². The summed E-state index contributed by atoms with van der Waals surface area (Å²) in [5.74, 6) is -1.77. The SMILES string of the molecule is COCCN1C(=O)C(=O)/C(=C(/O)c2ccncc2)C1c1cccc(O)c1. The first-order valence-corrected chi connectivity index (χ1v) is 8.01. The van der Waals surface area contributed by atoms with Crippen molar-refractivity contribution in [3.8, 4) is 5.75 Å². The molecule has 0 saturated carbocycles. The number of hydrogen-bond acceptors (Lipinski definition) is 6. The number of amides is 1. The van der Waals surface area contributed by atoms with E-state index in [9.17, 15) is 19.8 Å². The number of Topliss-reactive ketones (excluding diaryl/α,β-unsaturated/α-hetero) is 1. The monoisotopic (exact) mass is 354 g/mol. The molecule has 1 aliphatic rings. The molecule has 1 aromatic heterocycles. The van der Waals surface area contributed by atoms with Crippen LogP contribution in [-0.2, 0) is 14.3 Å². The highest BCUT2D eigenvalue weighted by Crippen LogP contribution is 2.39. The molecule has 3 rings (SSSR count). The second-order valence-corrected chi connectivity index (χ2v) is 5.82. The van der Waals surface area contributed by atoms with Crippen LogP contribution in [0.1, 0.15) is 17.2 Å². The maximum Gasteiger partial charge on any atom is 0.295 e. The van der Waals surface area contributed by atoms with Crippen LogP contribution in [0.3, 0.4) is 0 Å². The highest BCUT2D eigenvalue weighted by molar-refractivity contribution is 6.46. The highest BCUT2D eigenvalue weighted by atomic mass is 16.5. The van der Waals surface area contributed by atoms with Gasteiger partial charge in [-0.25, -0.2) is 0 Å². The molecule has 134 valence electrons. The molecule has 1 fully saturated rings. The van der Waals surface area contributed by atoms with E-state index in [1.54, 1.807) is 24.3 Å². The van der Waals surface area contributed by atoms with Crippen molar-refractivity contribution in [2.45, 2.75) is 6.04 Å². The number of aliphatic hydroxyl groups is 1. The third kappa shape index (κ3) is 3.16. The van der Waals surface area contributed by atoms with Gasteiger partial charge in [0, 0.05) is 31.6 Å². The molecule has 2 heterocycles. The quantitative estimate of drug-likeness (QED) is 0.483. The number of ketones is 1. The minimum Gasteiger partial charge on any atom is -0.508 e. The highest BCUT2D eigenvalue weighted by Gasteiger charge is 2.45. The lowest BCUT2D eigenvalue weighted by molar-refractivity contribution is -0.140. The van der Waals surface area contributed by atoms with Gasteiger partial charge in [-0.2, -0.15) is 0 Å². The first-order chi connectivity index (χ1) is 12.5. The van der Waals surface area contributed by atoms with E-state index in [1.807, 2.05) is 0 Å². The van der Waals surface area contributed by atoms with E-state index in [2.05, 4.69) is 4.98 Å². The van der Waals surface area contributed by atoms with Crippen molar-refractivity contribution in [1.29, 1.82) is 0 Å². The number of phenolic OH excluding ortho intramolecular Hbond substituents is 1. The predicted molar refractivity (Wildman–Crippen MR) is 93.2 cm³/mol. The average Bonchev–Trinajstić information content (AvgIpc) is 2.91. The maximum atomic E-state index is 12.6. The number of phenols is 1. The molecule has 0 spiro atoms. The molecular weight excluding hydrogens is 336 g/mol. The molecule has 1 amide bonds. The van der Waals surface area contributed by atoms with Gasteiger partial charge in [0.25, 0.3) is 11.7 Å². The molecule has 2 aromatic rings. The molecule has 7 heteroatoms. The molecule has 7 nitrogen and oxygen atoms in total. The first kappa shape index (κ1) is 17.6. The standard InChI is InChI=1S/C19H18N2O5/c1-26-10-9-21-16(13-3-2-4-14(22)11-13)15(18(24)19(21)25)17(23)12-5-7-20-8-6-12/h2-8,11,16,22-23H,9-10H2,1H3/b17-15+. The summed E-state index contributed by atoms with van der Waals surface area (Å²) in [6.45, 7) is 0.409. The number of aromatic nitrogens is 1. The van der Waals surface area contributed by atoms with Gasteiger partial charge < -0.3 is 19.8 Å². The van der Waals surface area contributed by atoms with Crippen LogP contribution in [0.25, 0.3) is 5.76 Å². The third-order valence-electron chi connectivity index (χ3n) is 4.22. The van der Waals surface area contributed by atoms with Gasteiger partial charge in [-0.05, 0) is 29.8 Å². The summed E-state index contributed by atoms with van der Waals surface area (Å²) in [5, 5.41) is 20.5. The van der Waals surface area contributed by atoms with Crippen LogP contribution >= 0.6 is 0 Å². The van der Waals surface area contributed by atoms with Gasteiger partial charge in [0.2, 0.25) is 0 Å². The number of benzene rings is 1. The molecule has 0 aliphatic carbocycles. The molecule has 26 heavy (non-hydrogen) atoms. The minimum atomic E-state index is -0.814. The average molecular weight is 354 g/mol. The van der Waals surface area contributed by atoms with E-state index < -0.39 is 17.7 Å². The topological polar surface area (TPSA) is 100.0 Å². The fraction of sp³-hybridized carbons (Fsp3) is 0.211. The Bertz CT molecular complexity index is 863. The largest absolute Gasteiger partial charge is 0.508 e. The van der Waals surface area contributed by atoms with Crippen LogP contribution in [0.15, 0.2) is 54.4 Å². The fourth-order valence-electron chi connectivity index (χ4n) is 3.01. The Morgan fingerprint density at radius 3 is 2.62 bits per heavy atom. The van der Waals surface area contributed by atoms with Crippen molar-refractivity contribution in [1.82, 2.24) is 9.88 Å². The Hall–Kier alpha value is -3.19. The number of ether oxygens (including phenoxy) is 1. The van der Waals surface area contributed by atoms with Gasteiger partial charge in [-0.3, -0.25) is 14.6 Å². The Morgan fingerprint density at radius 1 is 1.23 bits per heavy atom. The molecule has 1 aromatic carbocycles. The summed E-state index contributed by atoms with van der Waals surface area (Å²) in [6, 6.07) is 8.56. The van der Waals surface area contributed by atoms with Gasteiger partial charge >= 0.3 is 0 Å². The van der Waals surface area contributed by atoms with Crippen LogP contribution in [0.2, 0.25) is 0 Å². The predicted octanol–water partition coefficient (Wildman–Crippen LogP) is 1.86. The number of rotatable bonds is 5. The molecule has 1 aliphatic heterocycles. The summed E-state index contributed by atoms with van der Waals surface area (Å²) in [5.41, 5.74) is 0.883. The molecule has 0 bridgehead atoms. The van der Waals surface area contributed by atoms with Crippen LogP contribution < -0.4 is 0 Å². The molecule has 2 N–H and O–H groups in total. The zero-order valence-electron chi connectivity index (χ0n) is 14.1. The maximum absolute atomic E-state index is 12.6. The van der Waals surface area contributed by atoms with Crippen LogP contribution in [0, 0.1) is 0 Å². The summed E-state index contributed by atoms with van der Waals surface area (Å²) >= 11 is 0. The first-order valence-electron chi connectivity index (χ1n) is 8.01. The Labute approximate surface area is 150 Å². The number of pyridine rings is 1. The summed E-state index contributed by atoms with van der Waals surface area (Å²) < 4.78 is 5.03. The second-order valence-electron chi connectivity index (χ2n) is 5.82. The number of aliphatic hydroxyl groups excluding tert-OH is 1. The molecule has 0 radical (unpaired) electrons. The number of aromatic hydroxyl groups is 1. The summed E-state index contributed by atoms with van der Waals surface area (Å²) in [7, 11) is 1.50. The zero-order chi connectivity index (χ0) is 18.7. The lowest BCUT2D eigenvalue weighted by Crippen LogP contribution is -2.32. The van der Waals surface area contributed by atoms with E-state index >= 15 is 0 Å². The Balaban J connectivity index is 2.16. The lowest BCUT2D eigenvalue weighted by atomic mass is 9.95. The summed E-state index contributed by atoms with van der Waals surface area (Å²) in [6.07, 6.45) is 2.97. The number of hydrogen-bond donors (Lipinski definition) is 2. The van der Waals surface area contributed by atoms with E-state index in [0.717, 1.165) is 0 Å². The van der Waals surface area contributed by atoms with Crippen molar-refractivity contribution in [3.05, 3.63) is 65.5 Å². The van der Waals surface area contributed by atoms with E-state index in [4.69, 9.17) is 4.74 Å². The normalized spacial score (nSPS) is 19.1. The number of nitrogens with zero attached hydrogens (tertiary/aromatic N) is 2. The van der Waals surface area contributed by atoms with Gasteiger partial charge in [0.15, 0.2) is 0 Å². The second kappa shape index (κ2) is 7.37. The number of methoxy groups -OCH3 is 1. The van der Waals surface area contributed by atoms with E-state index in [0.29, 0.717) is 11.1 Å². The fourth-order valence-corrected chi connectivity index (χ4v) is 3.01. The smallest absolute Gasteiger partial charge is 0.295 e. The lowest BCUT2D eigenvalue weighted by Gasteiger charge is -2.25. The number of carbonyl (C=O) groups is 2. The van der Waals surface area contributed by atoms with Gasteiger partial charge in [0.05, 0.1) is 18.2 Å². The number of likely N-dealkylation sites (tertiary alicyclic amines) is 1. The van der Waals surface area contributed by atoms with Gasteiger partial charge in [0.1, 0.15) is 11.5 Å². The molecule has 1 saturated heterocycles. The van der Waals surface area contributed by atoms with Crippen molar-refractivity contribution < 1.29 is 24.5 Å². The van der Waals surface area contributed by atoms with Crippen molar-refractivity contribution in [2.75, 3.05) is 20.3 Å². The van der Waals surface area contributed by atoms with E-state index in [-0.39, 0.29) is 30.2 Å². The Kier molecular flexibility index (Phi) is 4.99. The van der Waals surface area contributed by atoms with Gasteiger partial charge in [-0.15, -0.1) is 0 Å². The van der Waals surface area contributed by atoms with Gasteiger partial charge in [-0.1, -0.05) is 12.1 Å². The van der Waals surface area contributed by atoms with Crippen molar-refractivity contribution >= 4 is 17.4 Å². The molecular formula is C19H18N2O5. The minimum absolute atomic E-state index is 0.00346. The third-order valence-corrected chi connectivity index (χ3v) is 4.22. The van der Waals surface area contributed by atoms with Crippen LogP contribution in [-0.4, -0.2) is 52.0 Å².